The topological polar surface area (TPSA) is 81.9 Å². The van der Waals surface area contributed by atoms with Gasteiger partial charge in [-0.1, -0.05) is 25.7 Å². The molecule has 4 aromatic rings. The van der Waals surface area contributed by atoms with Crippen molar-refractivity contribution < 1.29 is 9.53 Å². The van der Waals surface area contributed by atoms with Crippen molar-refractivity contribution in [1.82, 2.24) is 19.5 Å². The van der Waals surface area contributed by atoms with Gasteiger partial charge in [0.25, 0.3) is 0 Å². The van der Waals surface area contributed by atoms with E-state index in [2.05, 4.69) is 40.6 Å². The molecule has 7 nitrogen and oxygen atoms in total. The van der Waals surface area contributed by atoms with Crippen LogP contribution in [0.1, 0.15) is 31.2 Å². The highest BCUT2D eigenvalue weighted by Crippen LogP contribution is 2.47. The predicted molar refractivity (Wildman–Crippen MR) is 147 cm³/mol. The molecular formula is C28H33N5O2Si. The van der Waals surface area contributed by atoms with E-state index in [4.69, 9.17) is 14.7 Å². The number of nitrogens with zero attached hydrogens (tertiary/aromatic N) is 4. The number of amides is 1. The van der Waals surface area contributed by atoms with E-state index in [9.17, 15) is 4.79 Å². The van der Waals surface area contributed by atoms with Gasteiger partial charge in [0.2, 0.25) is 5.91 Å². The number of rotatable bonds is 9. The molecule has 0 aliphatic heterocycles. The third-order valence-corrected chi connectivity index (χ3v) is 8.17. The summed E-state index contributed by atoms with van der Waals surface area (Å²) in [7, 11) is -1.22. The van der Waals surface area contributed by atoms with Crippen LogP contribution in [0.5, 0.6) is 0 Å². The zero-order chi connectivity index (χ0) is 25.3. The number of carbonyl (C=O) groups excluding carboxylic acids is 1. The van der Waals surface area contributed by atoms with Crippen molar-refractivity contribution in [2.24, 2.45) is 0 Å². The maximum Gasteiger partial charge on any atom is 0.222 e. The highest BCUT2D eigenvalue weighted by Gasteiger charge is 2.31. The van der Waals surface area contributed by atoms with Crippen molar-refractivity contribution in [3.8, 4) is 22.5 Å². The Morgan fingerprint density at radius 3 is 2.58 bits per heavy atom. The molecule has 1 aliphatic carbocycles. The molecule has 4 heterocycles. The van der Waals surface area contributed by atoms with Crippen LogP contribution in [0.25, 0.3) is 33.5 Å². The number of pyridine rings is 3. The van der Waals surface area contributed by atoms with Crippen LogP contribution in [0.2, 0.25) is 25.7 Å². The first-order chi connectivity index (χ1) is 17.3. The van der Waals surface area contributed by atoms with Gasteiger partial charge >= 0.3 is 0 Å². The van der Waals surface area contributed by atoms with Gasteiger partial charge < -0.3 is 14.6 Å². The summed E-state index contributed by atoms with van der Waals surface area (Å²) in [6.45, 7) is 9.72. The van der Waals surface area contributed by atoms with Crippen LogP contribution in [-0.4, -0.2) is 40.1 Å². The average Bonchev–Trinajstić information content (AvgIpc) is 3.63. The molecule has 0 spiro atoms. The molecule has 0 radical (unpaired) electrons. The lowest BCUT2D eigenvalue weighted by molar-refractivity contribution is -0.114. The first-order valence-corrected chi connectivity index (χ1v) is 16.3. The van der Waals surface area contributed by atoms with Gasteiger partial charge in [0.05, 0.1) is 28.0 Å². The average molecular weight is 500 g/mol. The van der Waals surface area contributed by atoms with Crippen LogP contribution in [0.4, 0.5) is 5.82 Å². The van der Waals surface area contributed by atoms with Crippen LogP contribution < -0.4 is 5.32 Å². The quantitative estimate of drug-likeness (QED) is 0.216. The Kier molecular flexibility index (Phi) is 6.72. The standard InChI is InChI=1S/C28H33N5O2Si/c1-19(34)32-24-17-21(10-13-30-24)27-25(23-7-5-6-12-29-23)26-28(22(11-14-31-26)20-8-9-20)33(27)18-35-15-16-36(2,3)4/h5-7,10-14,17,20H,8-9,15-16,18H2,1-4H3,(H,30,32,34). The molecule has 1 fully saturated rings. The van der Waals surface area contributed by atoms with Gasteiger partial charge in [0.1, 0.15) is 12.5 Å². The maximum absolute atomic E-state index is 11.7. The third-order valence-electron chi connectivity index (χ3n) is 6.46. The molecule has 5 rings (SSSR count). The number of aromatic nitrogens is 4. The number of carbonyl (C=O) groups is 1. The molecule has 0 saturated heterocycles. The second-order valence-corrected chi connectivity index (χ2v) is 16.3. The van der Waals surface area contributed by atoms with Gasteiger partial charge in [-0.25, -0.2) is 4.98 Å². The fraction of sp³-hybridized carbons (Fsp3) is 0.357. The predicted octanol–water partition coefficient (Wildman–Crippen LogP) is 6.31. The summed E-state index contributed by atoms with van der Waals surface area (Å²) < 4.78 is 8.59. The fourth-order valence-corrected chi connectivity index (χ4v) is 5.32. The van der Waals surface area contributed by atoms with Crippen molar-refractivity contribution in [1.29, 1.82) is 0 Å². The van der Waals surface area contributed by atoms with Crippen molar-refractivity contribution in [2.45, 2.75) is 58.1 Å². The minimum atomic E-state index is -1.22. The number of nitrogens with one attached hydrogen (secondary N) is 1. The second kappa shape index (κ2) is 9.95. The van der Waals surface area contributed by atoms with Crippen LogP contribution in [0.15, 0.2) is 55.0 Å². The Morgan fingerprint density at radius 1 is 1.08 bits per heavy atom. The number of hydrogen-bond acceptors (Lipinski definition) is 5. The summed E-state index contributed by atoms with van der Waals surface area (Å²) in [6.07, 6.45) is 7.84. The van der Waals surface area contributed by atoms with E-state index < -0.39 is 8.07 Å². The van der Waals surface area contributed by atoms with Crippen molar-refractivity contribution in [3.05, 3.63) is 60.6 Å². The molecule has 0 atom stereocenters. The maximum atomic E-state index is 11.7. The highest BCUT2D eigenvalue weighted by atomic mass is 28.3. The number of ether oxygens (including phenoxy) is 1. The van der Waals surface area contributed by atoms with Crippen LogP contribution in [0, 0.1) is 0 Å². The third kappa shape index (κ3) is 5.24. The number of hydrogen-bond donors (Lipinski definition) is 1. The lowest BCUT2D eigenvalue weighted by Crippen LogP contribution is -2.22. The molecule has 186 valence electrons. The summed E-state index contributed by atoms with van der Waals surface area (Å²) in [6, 6.07) is 13.1. The molecule has 1 saturated carbocycles. The van der Waals surface area contributed by atoms with Crippen LogP contribution in [0.3, 0.4) is 0 Å². The first kappa shape index (κ1) is 24.3. The number of anilines is 1. The van der Waals surface area contributed by atoms with E-state index in [1.165, 1.54) is 25.3 Å². The Balaban J connectivity index is 1.73. The van der Waals surface area contributed by atoms with Gasteiger partial charge in [-0.15, -0.1) is 0 Å². The van der Waals surface area contributed by atoms with E-state index in [1.54, 1.807) is 6.20 Å². The van der Waals surface area contributed by atoms with Crippen LogP contribution in [-0.2, 0) is 16.3 Å². The van der Waals surface area contributed by atoms with E-state index in [1.807, 2.05) is 42.7 Å². The highest BCUT2D eigenvalue weighted by molar-refractivity contribution is 6.76. The van der Waals surface area contributed by atoms with Crippen molar-refractivity contribution in [3.63, 3.8) is 0 Å². The molecular weight excluding hydrogens is 466 g/mol. The monoisotopic (exact) mass is 499 g/mol. The van der Waals surface area contributed by atoms with Gasteiger partial charge in [0.15, 0.2) is 0 Å². The summed E-state index contributed by atoms with van der Waals surface area (Å²) in [5, 5.41) is 2.82. The Bertz CT molecular complexity index is 1390. The van der Waals surface area contributed by atoms with Gasteiger partial charge in [0, 0.05) is 45.8 Å². The molecule has 1 aliphatic rings. The van der Waals surface area contributed by atoms with E-state index >= 15 is 0 Å². The fourth-order valence-electron chi connectivity index (χ4n) is 4.56. The van der Waals surface area contributed by atoms with E-state index in [0.717, 1.165) is 46.2 Å². The SMILES string of the molecule is CC(=O)Nc1cc(-c2c(-c3ccccn3)c3nccc(C4CC4)c3n2COCC[Si](C)(C)C)ccn1. The van der Waals surface area contributed by atoms with Gasteiger partial charge in [-0.2, -0.15) is 0 Å². The van der Waals surface area contributed by atoms with Crippen molar-refractivity contribution >= 4 is 30.8 Å². The minimum Gasteiger partial charge on any atom is -0.361 e. The summed E-state index contributed by atoms with van der Waals surface area (Å²) in [5.41, 5.74) is 7.10. The molecule has 8 heteroatoms. The lowest BCUT2D eigenvalue weighted by Gasteiger charge is -2.18. The van der Waals surface area contributed by atoms with E-state index in [-0.39, 0.29) is 5.91 Å². The first-order valence-electron chi connectivity index (χ1n) is 12.6. The molecule has 4 aromatic heterocycles. The molecule has 1 N–H and O–H groups in total. The van der Waals surface area contributed by atoms with E-state index in [0.29, 0.717) is 18.5 Å². The number of fused-ring (bicyclic) bond motifs is 1. The largest absolute Gasteiger partial charge is 0.361 e. The summed E-state index contributed by atoms with van der Waals surface area (Å²) in [5.74, 6) is 0.902. The Hall–Kier alpha value is -3.36. The van der Waals surface area contributed by atoms with Crippen molar-refractivity contribution in [2.75, 3.05) is 11.9 Å². The van der Waals surface area contributed by atoms with Gasteiger partial charge in [-0.05, 0) is 60.7 Å². The van der Waals surface area contributed by atoms with Gasteiger partial charge in [-0.3, -0.25) is 14.8 Å². The molecule has 36 heavy (non-hydrogen) atoms. The Labute approximate surface area is 213 Å². The zero-order valence-electron chi connectivity index (χ0n) is 21.4. The molecule has 0 aromatic carbocycles. The smallest absolute Gasteiger partial charge is 0.222 e. The summed E-state index contributed by atoms with van der Waals surface area (Å²) in [4.78, 5) is 25.7. The Morgan fingerprint density at radius 2 is 1.89 bits per heavy atom. The lowest BCUT2D eigenvalue weighted by atomic mass is 10.0. The second-order valence-electron chi connectivity index (χ2n) is 10.7. The summed E-state index contributed by atoms with van der Waals surface area (Å²) >= 11 is 0. The van der Waals surface area contributed by atoms with Crippen LogP contribution >= 0.6 is 0 Å². The minimum absolute atomic E-state index is 0.155. The normalized spacial score (nSPS) is 13.8. The molecule has 1 amide bonds. The molecule has 0 bridgehead atoms. The zero-order valence-corrected chi connectivity index (χ0v) is 22.4. The molecule has 0 unspecified atom stereocenters.